The Kier molecular flexibility index (Phi) is 5.26. The van der Waals surface area contributed by atoms with Crippen LogP contribution < -0.4 is 10.1 Å². The van der Waals surface area contributed by atoms with Crippen LogP contribution in [-0.4, -0.2) is 17.6 Å². The summed E-state index contributed by atoms with van der Waals surface area (Å²) < 4.78 is 5.59. The van der Waals surface area contributed by atoms with Crippen LogP contribution in [0.4, 0.5) is 0 Å². The molecule has 16 heavy (non-hydrogen) atoms. The van der Waals surface area contributed by atoms with Gasteiger partial charge in [-0.05, 0) is 37.9 Å². The van der Waals surface area contributed by atoms with Crippen molar-refractivity contribution in [2.45, 2.75) is 40.3 Å². The average Bonchev–Trinajstić information content (AvgIpc) is 2.16. The molecule has 0 fully saturated rings. The number of hydrogen-bond donors (Lipinski definition) is 1. The van der Waals surface area contributed by atoms with E-state index < -0.39 is 0 Å². The van der Waals surface area contributed by atoms with Gasteiger partial charge in [-0.25, -0.2) is 0 Å². The predicted octanol–water partition coefficient (Wildman–Crippen LogP) is 2.61. The van der Waals surface area contributed by atoms with Crippen molar-refractivity contribution in [3.63, 3.8) is 0 Å². The fourth-order valence-electron chi connectivity index (χ4n) is 1.40. The molecule has 0 saturated heterocycles. The monoisotopic (exact) mass is 222 g/mol. The molecule has 0 spiro atoms. The van der Waals surface area contributed by atoms with Gasteiger partial charge in [-0.15, -0.1) is 0 Å². The van der Waals surface area contributed by atoms with Crippen molar-refractivity contribution in [3.05, 3.63) is 24.0 Å². The van der Waals surface area contributed by atoms with Gasteiger partial charge < -0.3 is 10.1 Å². The Labute approximate surface area is 98.2 Å². The van der Waals surface area contributed by atoms with Crippen molar-refractivity contribution in [1.29, 1.82) is 0 Å². The maximum atomic E-state index is 5.59. The van der Waals surface area contributed by atoms with Crippen molar-refractivity contribution >= 4 is 0 Å². The van der Waals surface area contributed by atoms with Crippen molar-refractivity contribution < 1.29 is 4.74 Å². The fraction of sp³-hybridized carbons (Fsp3) is 0.615. The Morgan fingerprint density at radius 3 is 2.62 bits per heavy atom. The number of aromatic nitrogens is 1. The van der Waals surface area contributed by atoms with E-state index in [-0.39, 0.29) is 6.10 Å². The minimum Gasteiger partial charge on any atom is -0.489 e. The molecule has 1 heterocycles. The van der Waals surface area contributed by atoms with Gasteiger partial charge in [0.05, 0.1) is 12.3 Å². The van der Waals surface area contributed by atoms with E-state index >= 15 is 0 Å². The van der Waals surface area contributed by atoms with E-state index in [1.54, 1.807) is 6.20 Å². The Bertz CT molecular complexity index is 311. The number of ether oxygens (including phenoxy) is 1. The Morgan fingerprint density at radius 1 is 1.25 bits per heavy atom. The molecule has 0 bridgehead atoms. The molecule has 0 saturated carbocycles. The van der Waals surface area contributed by atoms with Gasteiger partial charge in [0, 0.05) is 12.7 Å². The van der Waals surface area contributed by atoms with E-state index in [4.69, 9.17) is 4.74 Å². The zero-order chi connectivity index (χ0) is 12.0. The van der Waals surface area contributed by atoms with Crippen LogP contribution in [-0.2, 0) is 6.54 Å². The van der Waals surface area contributed by atoms with E-state index in [2.05, 4.69) is 24.1 Å². The van der Waals surface area contributed by atoms with Gasteiger partial charge in [-0.1, -0.05) is 13.8 Å². The van der Waals surface area contributed by atoms with Crippen LogP contribution in [0.5, 0.6) is 5.75 Å². The molecule has 1 N–H and O–H groups in total. The van der Waals surface area contributed by atoms with E-state index in [1.165, 1.54) is 5.56 Å². The number of nitrogens with zero attached hydrogens (tertiary/aromatic N) is 1. The van der Waals surface area contributed by atoms with Gasteiger partial charge in [-0.2, -0.15) is 0 Å². The summed E-state index contributed by atoms with van der Waals surface area (Å²) in [5.41, 5.74) is 1.17. The SMILES string of the molecule is CC(C)CNCc1cncc(OC(C)C)c1. The summed E-state index contributed by atoms with van der Waals surface area (Å²) in [6.45, 7) is 10.3. The highest BCUT2D eigenvalue weighted by Gasteiger charge is 2.00. The maximum Gasteiger partial charge on any atom is 0.138 e. The smallest absolute Gasteiger partial charge is 0.138 e. The molecule has 0 aromatic carbocycles. The molecule has 3 nitrogen and oxygen atoms in total. The van der Waals surface area contributed by atoms with E-state index in [9.17, 15) is 0 Å². The second-order valence-corrected chi connectivity index (χ2v) is 4.72. The largest absolute Gasteiger partial charge is 0.489 e. The Hall–Kier alpha value is -1.09. The lowest BCUT2D eigenvalue weighted by atomic mass is 10.2. The molecule has 0 radical (unpaired) electrons. The number of pyridine rings is 1. The molecule has 0 atom stereocenters. The lowest BCUT2D eigenvalue weighted by Gasteiger charge is -2.11. The van der Waals surface area contributed by atoms with Gasteiger partial charge in [0.2, 0.25) is 0 Å². The number of nitrogens with one attached hydrogen (secondary N) is 1. The highest BCUT2D eigenvalue weighted by Crippen LogP contribution is 2.12. The first-order chi connectivity index (χ1) is 7.58. The van der Waals surface area contributed by atoms with Gasteiger partial charge in [0.25, 0.3) is 0 Å². The van der Waals surface area contributed by atoms with Crippen LogP contribution in [0.15, 0.2) is 18.5 Å². The molecule has 0 amide bonds. The second-order valence-electron chi connectivity index (χ2n) is 4.72. The van der Waals surface area contributed by atoms with E-state index in [1.807, 2.05) is 26.1 Å². The first-order valence-corrected chi connectivity index (χ1v) is 5.89. The predicted molar refractivity (Wildman–Crippen MR) is 66.5 cm³/mol. The summed E-state index contributed by atoms with van der Waals surface area (Å²) in [6.07, 6.45) is 3.83. The summed E-state index contributed by atoms with van der Waals surface area (Å²) in [4.78, 5) is 4.17. The molecule has 3 heteroatoms. The van der Waals surface area contributed by atoms with Crippen molar-refractivity contribution in [1.82, 2.24) is 10.3 Å². The summed E-state index contributed by atoms with van der Waals surface area (Å²) in [5.74, 6) is 1.52. The van der Waals surface area contributed by atoms with Crippen molar-refractivity contribution in [2.75, 3.05) is 6.54 Å². The van der Waals surface area contributed by atoms with Crippen LogP contribution in [0.3, 0.4) is 0 Å². The maximum absolute atomic E-state index is 5.59. The van der Waals surface area contributed by atoms with Crippen LogP contribution in [0.1, 0.15) is 33.3 Å². The van der Waals surface area contributed by atoms with E-state index in [0.29, 0.717) is 5.92 Å². The quantitative estimate of drug-likeness (QED) is 0.803. The first kappa shape index (κ1) is 13.0. The summed E-state index contributed by atoms with van der Waals surface area (Å²) in [7, 11) is 0. The first-order valence-electron chi connectivity index (χ1n) is 5.89. The molecule has 1 aromatic rings. The molecular weight excluding hydrogens is 200 g/mol. The topological polar surface area (TPSA) is 34.2 Å². The molecular formula is C13H22N2O. The third-order valence-electron chi connectivity index (χ3n) is 2.02. The van der Waals surface area contributed by atoms with Crippen LogP contribution >= 0.6 is 0 Å². The molecule has 0 unspecified atom stereocenters. The fourth-order valence-corrected chi connectivity index (χ4v) is 1.40. The lowest BCUT2D eigenvalue weighted by molar-refractivity contribution is 0.241. The molecule has 1 rings (SSSR count). The van der Waals surface area contributed by atoms with Gasteiger partial charge in [0.15, 0.2) is 0 Å². The summed E-state index contributed by atoms with van der Waals surface area (Å²) in [6, 6.07) is 2.04. The molecule has 1 aromatic heterocycles. The third-order valence-corrected chi connectivity index (χ3v) is 2.02. The molecule has 0 aliphatic heterocycles. The van der Waals surface area contributed by atoms with E-state index in [0.717, 1.165) is 18.8 Å². The Morgan fingerprint density at radius 2 is 2.00 bits per heavy atom. The average molecular weight is 222 g/mol. The third kappa shape index (κ3) is 5.12. The highest BCUT2D eigenvalue weighted by atomic mass is 16.5. The lowest BCUT2D eigenvalue weighted by Crippen LogP contribution is -2.19. The van der Waals surface area contributed by atoms with Crippen LogP contribution in [0.2, 0.25) is 0 Å². The van der Waals surface area contributed by atoms with Crippen LogP contribution in [0, 0.1) is 5.92 Å². The van der Waals surface area contributed by atoms with Gasteiger partial charge in [0.1, 0.15) is 5.75 Å². The summed E-state index contributed by atoms with van der Waals surface area (Å²) in [5, 5.41) is 3.39. The Balaban J connectivity index is 2.47. The molecule has 0 aliphatic carbocycles. The van der Waals surface area contributed by atoms with Gasteiger partial charge >= 0.3 is 0 Å². The van der Waals surface area contributed by atoms with Gasteiger partial charge in [-0.3, -0.25) is 4.98 Å². The standard InChI is InChI=1S/C13H22N2O/c1-10(2)6-14-7-12-5-13(9-15-8-12)16-11(3)4/h5,8-11,14H,6-7H2,1-4H3. The zero-order valence-electron chi connectivity index (χ0n) is 10.7. The normalized spacial score (nSPS) is 11.1. The minimum atomic E-state index is 0.195. The minimum absolute atomic E-state index is 0.195. The summed E-state index contributed by atoms with van der Waals surface area (Å²) >= 11 is 0. The zero-order valence-corrected chi connectivity index (χ0v) is 10.7. The van der Waals surface area contributed by atoms with Crippen molar-refractivity contribution in [3.8, 4) is 5.75 Å². The highest BCUT2D eigenvalue weighted by molar-refractivity contribution is 5.23. The number of rotatable bonds is 6. The van der Waals surface area contributed by atoms with Crippen LogP contribution in [0.25, 0.3) is 0 Å². The second kappa shape index (κ2) is 6.48. The molecule has 0 aliphatic rings. The van der Waals surface area contributed by atoms with Crippen molar-refractivity contribution in [2.24, 2.45) is 5.92 Å². The number of hydrogen-bond acceptors (Lipinski definition) is 3. The molecule has 90 valence electrons.